The van der Waals surface area contributed by atoms with Crippen molar-refractivity contribution in [1.29, 1.82) is 0 Å². The summed E-state index contributed by atoms with van der Waals surface area (Å²) >= 11 is 0. The Morgan fingerprint density at radius 1 is 1.24 bits per heavy atom. The van der Waals surface area contributed by atoms with Crippen LogP contribution >= 0.6 is 0 Å². The van der Waals surface area contributed by atoms with Gasteiger partial charge in [0.15, 0.2) is 0 Å². The first-order valence-corrected chi connectivity index (χ1v) is 8.78. The Balaban J connectivity index is 1.63. The van der Waals surface area contributed by atoms with Crippen LogP contribution in [-0.4, -0.2) is 21.0 Å². The van der Waals surface area contributed by atoms with Crippen molar-refractivity contribution in [3.8, 4) is 0 Å². The molecule has 1 N–H and O–H groups in total. The van der Waals surface area contributed by atoms with E-state index in [0.29, 0.717) is 18.4 Å². The van der Waals surface area contributed by atoms with E-state index in [0.717, 1.165) is 12.1 Å². The second kappa shape index (κ2) is 6.12. The molecule has 0 saturated heterocycles. The lowest BCUT2D eigenvalue weighted by atomic mass is 9.66. The molecular weight excluding hydrogens is 260 g/mol. The Hall–Kier alpha value is -0.830. The van der Waals surface area contributed by atoms with E-state index in [1.807, 2.05) is 0 Å². The quantitative estimate of drug-likeness (QED) is 0.906. The van der Waals surface area contributed by atoms with Crippen LogP contribution in [0.2, 0.25) is 0 Å². The fourth-order valence-electron chi connectivity index (χ4n) is 4.45. The zero-order valence-electron chi connectivity index (χ0n) is 13.6. The third kappa shape index (κ3) is 3.33. The van der Waals surface area contributed by atoms with Gasteiger partial charge in [0, 0.05) is 12.6 Å². The lowest BCUT2D eigenvalue weighted by molar-refractivity contribution is 0.00522. The van der Waals surface area contributed by atoms with Crippen molar-refractivity contribution < 1.29 is 5.11 Å². The van der Waals surface area contributed by atoms with Crippen LogP contribution in [0.5, 0.6) is 0 Å². The first kappa shape index (κ1) is 15.1. The number of hydrogen-bond donors (Lipinski definition) is 1. The number of rotatable bonds is 4. The highest BCUT2D eigenvalue weighted by molar-refractivity contribution is 5.03. The van der Waals surface area contributed by atoms with Gasteiger partial charge in [-0.15, -0.1) is 0 Å². The van der Waals surface area contributed by atoms with Crippen molar-refractivity contribution in [3.05, 3.63) is 18.0 Å². The number of nitrogens with zero attached hydrogens (tertiary/aromatic N) is 2. The smallest absolute Gasteiger partial charge is 0.0650 e. The largest absolute Gasteiger partial charge is 0.392 e. The number of aromatic nitrogens is 2. The molecule has 2 unspecified atom stereocenters. The molecule has 0 spiro atoms. The maximum atomic E-state index is 10.7. The third-order valence-corrected chi connectivity index (χ3v) is 5.84. The van der Waals surface area contributed by atoms with Crippen LogP contribution in [0.1, 0.15) is 76.9 Å². The second-order valence-corrected chi connectivity index (χ2v) is 7.84. The molecule has 1 aromatic rings. The summed E-state index contributed by atoms with van der Waals surface area (Å²) in [6.45, 7) is 4.63. The molecule has 1 aromatic heterocycles. The summed E-state index contributed by atoms with van der Waals surface area (Å²) < 4.78 is 2.14. The Morgan fingerprint density at radius 3 is 2.67 bits per heavy atom. The van der Waals surface area contributed by atoms with Gasteiger partial charge in [-0.25, -0.2) is 0 Å². The molecule has 21 heavy (non-hydrogen) atoms. The molecule has 3 heteroatoms. The monoisotopic (exact) mass is 290 g/mol. The van der Waals surface area contributed by atoms with Gasteiger partial charge in [0.2, 0.25) is 0 Å². The molecule has 2 saturated carbocycles. The molecule has 3 rings (SSSR count). The van der Waals surface area contributed by atoms with E-state index in [1.54, 1.807) is 0 Å². The minimum absolute atomic E-state index is 0.243. The van der Waals surface area contributed by atoms with Crippen LogP contribution in [0, 0.1) is 11.3 Å². The fourth-order valence-corrected chi connectivity index (χ4v) is 4.45. The van der Waals surface area contributed by atoms with Crippen LogP contribution < -0.4 is 0 Å². The maximum absolute atomic E-state index is 10.7. The number of aliphatic hydroxyl groups excluding tert-OH is 1. The molecule has 2 fully saturated rings. The number of aliphatic hydroxyl groups is 1. The van der Waals surface area contributed by atoms with Crippen molar-refractivity contribution in [2.75, 3.05) is 0 Å². The zero-order valence-corrected chi connectivity index (χ0v) is 13.6. The fraction of sp³-hybridized carbons (Fsp3) is 0.833. The van der Waals surface area contributed by atoms with Gasteiger partial charge in [0.25, 0.3) is 0 Å². The molecule has 118 valence electrons. The van der Waals surface area contributed by atoms with Crippen molar-refractivity contribution in [1.82, 2.24) is 9.78 Å². The molecule has 0 aromatic carbocycles. The summed E-state index contributed by atoms with van der Waals surface area (Å²) in [7, 11) is 0. The normalized spacial score (nSPS) is 27.9. The van der Waals surface area contributed by atoms with Gasteiger partial charge in [-0.2, -0.15) is 5.10 Å². The topological polar surface area (TPSA) is 38.0 Å². The predicted octanol–water partition coefficient (Wildman–Crippen LogP) is 4.12. The Morgan fingerprint density at radius 2 is 1.95 bits per heavy atom. The average Bonchev–Trinajstić information content (AvgIpc) is 3.08. The molecule has 0 radical (unpaired) electrons. The van der Waals surface area contributed by atoms with Crippen molar-refractivity contribution in [2.45, 2.75) is 83.8 Å². The first-order chi connectivity index (χ1) is 10.1. The Kier molecular flexibility index (Phi) is 4.39. The van der Waals surface area contributed by atoms with E-state index < -0.39 is 0 Å². The van der Waals surface area contributed by atoms with Gasteiger partial charge in [-0.05, 0) is 43.1 Å². The molecule has 2 aliphatic rings. The summed E-state index contributed by atoms with van der Waals surface area (Å²) in [6, 6.07) is 2.71. The first-order valence-electron chi connectivity index (χ1n) is 8.78. The van der Waals surface area contributed by atoms with Crippen molar-refractivity contribution in [3.63, 3.8) is 0 Å². The molecule has 1 heterocycles. The van der Waals surface area contributed by atoms with Crippen LogP contribution in [0.25, 0.3) is 0 Å². The summed E-state index contributed by atoms with van der Waals surface area (Å²) in [5, 5.41) is 15.4. The SMILES string of the molecule is CC1(C)CCCCC1C(O)Cc1ccn(C2CCCC2)n1. The van der Waals surface area contributed by atoms with E-state index in [9.17, 15) is 5.11 Å². The predicted molar refractivity (Wildman–Crippen MR) is 85.2 cm³/mol. The Labute approximate surface area is 128 Å². The average molecular weight is 290 g/mol. The van der Waals surface area contributed by atoms with Crippen LogP contribution in [0.15, 0.2) is 12.3 Å². The second-order valence-electron chi connectivity index (χ2n) is 7.84. The van der Waals surface area contributed by atoms with Crippen LogP contribution in [0.3, 0.4) is 0 Å². The van der Waals surface area contributed by atoms with Gasteiger partial charge < -0.3 is 5.11 Å². The number of hydrogen-bond acceptors (Lipinski definition) is 2. The van der Waals surface area contributed by atoms with Crippen LogP contribution in [0.4, 0.5) is 0 Å². The highest BCUT2D eigenvalue weighted by atomic mass is 16.3. The van der Waals surface area contributed by atoms with Gasteiger partial charge in [0.05, 0.1) is 17.8 Å². The standard InChI is InChI=1S/C18H30N2O/c1-18(2)11-6-5-9-16(18)17(21)13-14-10-12-20(19-14)15-7-3-4-8-15/h10,12,15-17,21H,3-9,11,13H2,1-2H3. The highest BCUT2D eigenvalue weighted by Gasteiger charge is 2.37. The van der Waals surface area contributed by atoms with Crippen molar-refractivity contribution in [2.24, 2.45) is 11.3 Å². The summed E-state index contributed by atoms with van der Waals surface area (Å²) in [5.74, 6) is 0.419. The molecule has 2 atom stereocenters. The van der Waals surface area contributed by atoms with Gasteiger partial charge in [0.1, 0.15) is 0 Å². The van der Waals surface area contributed by atoms with Gasteiger partial charge in [-0.3, -0.25) is 4.68 Å². The Bertz CT molecular complexity index is 460. The zero-order chi connectivity index (χ0) is 14.9. The third-order valence-electron chi connectivity index (χ3n) is 5.84. The van der Waals surface area contributed by atoms with E-state index in [1.165, 1.54) is 44.9 Å². The summed E-state index contributed by atoms with van der Waals surface area (Å²) in [6.07, 6.45) is 12.8. The molecule has 3 nitrogen and oxygen atoms in total. The van der Waals surface area contributed by atoms with E-state index in [-0.39, 0.29) is 11.5 Å². The van der Waals surface area contributed by atoms with E-state index in [2.05, 4.69) is 30.8 Å². The molecule has 2 aliphatic carbocycles. The molecular formula is C18H30N2O. The lowest BCUT2D eigenvalue weighted by Crippen LogP contribution is -2.38. The van der Waals surface area contributed by atoms with E-state index in [4.69, 9.17) is 5.10 Å². The maximum Gasteiger partial charge on any atom is 0.0650 e. The van der Waals surface area contributed by atoms with Gasteiger partial charge in [-0.1, -0.05) is 39.5 Å². The molecule has 0 bridgehead atoms. The molecule has 0 aliphatic heterocycles. The van der Waals surface area contributed by atoms with E-state index >= 15 is 0 Å². The van der Waals surface area contributed by atoms with Crippen LogP contribution in [-0.2, 0) is 6.42 Å². The van der Waals surface area contributed by atoms with Crippen molar-refractivity contribution >= 4 is 0 Å². The molecule has 0 amide bonds. The highest BCUT2D eigenvalue weighted by Crippen LogP contribution is 2.42. The van der Waals surface area contributed by atoms with Gasteiger partial charge >= 0.3 is 0 Å². The minimum atomic E-state index is -0.243. The minimum Gasteiger partial charge on any atom is -0.392 e. The summed E-state index contributed by atoms with van der Waals surface area (Å²) in [5.41, 5.74) is 1.34. The lowest BCUT2D eigenvalue weighted by Gasteiger charge is -2.41. The summed E-state index contributed by atoms with van der Waals surface area (Å²) in [4.78, 5) is 0.